The number of hydrogen-bond donors (Lipinski definition) is 4. The Balaban J connectivity index is 0.000000360. The van der Waals surface area contributed by atoms with Gasteiger partial charge in [0.25, 0.3) is 10.0 Å². The minimum Gasteiger partial charge on any atom is -0.475 e. The van der Waals surface area contributed by atoms with Gasteiger partial charge in [-0.1, -0.05) is 23.7 Å². The van der Waals surface area contributed by atoms with Gasteiger partial charge >= 0.3 is 12.1 Å². The third-order valence-corrected chi connectivity index (χ3v) is 5.42. The maximum Gasteiger partial charge on any atom is 0.490 e. The first kappa shape index (κ1) is 23.1. The molecule has 0 unspecified atom stereocenters. The summed E-state index contributed by atoms with van der Waals surface area (Å²) in [6, 6.07) is 13.2. The van der Waals surface area contributed by atoms with E-state index in [0.29, 0.717) is 33.9 Å². The lowest BCUT2D eigenvalue weighted by molar-refractivity contribution is -0.192. The predicted octanol–water partition coefficient (Wildman–Crippen LogP) is 4.36. The van der Waals surface area contributed by atoms with Crippen LogP contribution in [0.15, 0.2) is 59.6 Å². The van der Waals surface area contributed by atoms with Crippen molar-refractivity contribution in [3.63, 3.8) is 0 Å². The molecule has 0 aliphatic carbocycles. The molecule has 0 spiro atoms. The van der Waals surface area contributed by atoms with E-state index in [1.807, 2.05) is 0 Å². The number of aromatic nitrogens is 2. The van der Waals surface area contributed by atoms with Gasteiger partial charge in [-0.05, 0) is 36.4 Å². The lowest BCUT2D eigenvalue weighted by Crippen LogP contribution is -2.21. The SMILES string of the molecule is O=C(O)C(F)(F)F.O=S1(=O)Nc2cccc(c2)Nc2ncc(Cl)c(n2)Nc2cccc1c2. The number of alkyl halides is 3. The van der Waals surface area contributed by atoms with E-state index in [9.17, 15) is 21.6 Å². The molecule has 0 radical (unpaired) electrons. The van der Waals surface area contributed by atoms with E-state index in [0.717, 1.165) is 0 Å². The molecule has 2 heterocycles. The summed E-state index contributed by atoms with van der Waals surface area (Å²) < 4.78 is 59.5. The number of carbonyl (C=O) groups is 1. The van der Waals surface area contributed by atoms with Crippen molar-refractivity contribution < 1.29 is 31.5 Å². The molecule has 1 aliphatic heterocycles. The van der Waals surface area contributed by atoms with Crippen molar-refractivity contribution >= 4 is 56.4 Å². The normalized spacial score (nSPS) is 13.9. The molecule has 32 heavy (non-hydrogen) atoms. The van der Waals surface area contributed by atoms with Crippen molar-refractivity contribution in [3.05, 3.63) is 59.8 Å². The largest absolute Gasteiger partial charge is 0.490 e. The number of carboxylic acid groups (broad SMARTS) is 1. The first-order chi connectivity index (χ1) is 14.9. The topological polar surface area (TPSA) is 133 Å². The van der Waals surface area contributed by atoms with Crippen molar-refractivity contribution in [2.75, 3.05) is 15.4 Å². The Hall–Kier alpha value is -3.58. The van der Waals surface area contributed by atoms with E-state index < -0.39 is 22.2 Å². The number of fused-ring (bicyclic) bond motifs is 6. The molecule has 0 saturated heterocycles. The summed E-state index contributed by atoms with van der Waals surface area (Å²) in [5, 5.41) is 13.5. The molecule has 3 aromatic rings. The second-order valence-corrected chi connectivity index (χ2v) is 8.25. The molecule has 14 heteroatoms. The van der Waals surface area contributed by atoms with Gasteiger partial charge in [0.1, 0.15) is 5.02 Å². The molecule has 4 rings (SSSR count). The van der Waals surface area contributed by atoms with Gasteiger partial charge in [-0.3, -0.25) is 4.72 Å². The van der Waals surface area contributed by atoms with E-state index in [1.54, 1.807) is 36.4 Å². The van der Waals surface area contributed by atoms with Crippen LogP contribution in [-0.2, 0) is 14.8 Å². The summed E-state index contributed by atoms with van der Waals surface area (Å²) in [6.07, 6.45) is -3.61. The lowest BCUT2D eigenvalue weighted by atomic mass is 10.3. The Morgan fingerprint density at radius 3 is 2.25 bits per heavy atom. The zero-order valence-electron chi connectivity index (χ0n) is 15.7. The number of anilines is 5. The average molecular weight is 488 g/mol. The molecule has 1 aromatic heterocycles. The molecular weight excluding hydrogens is 475 g/mol. The maximum atomic E-state index is 12.6. The second-order valence-electron chi connectivity index (χ2n) is 6.16. The smallest absolute Gasteiger partial charge is 0.475 e. The summed E-state index contributed by atoms with van der Waals surface area (Å²) in [5.41, 5.74) is 1.61. The van der Waals surface area contributed by atoms with Gasteiger partial charge < -0.3 is 15.7 Å². The van der Waals surface area contributed by atoms with E-state index in [4.69, 9.17) is 21.5 Å². The highest BCUT2D eigenvalue weighted by Crippen LogP contribution is 2.28. The minimum absolute atomic E-state index is 0.125. The van der Waals surface area contributed by atoms with Crippen LogP contribution in [0.3, 0.4) is 0 Å². The van der Waals surface area contributed by atoms with Gasteiger partial charge in [-0.2, -0.15) is 18.2 Å². The Morgan fingerprint density at radius 1 is 1.00 bits per heavy atom. The van der Waals surface area contributed by atoms with E-state index in [1.165, 1.54) is 18.3 Å². The van der Waals surface area contributed by atoms with Crippen molar-refractivity contribution in [2.45, 2.75) is 11.1 Å². The fraction of sp³-hybridized carbons (Fsp3) is 0.0556. The quantitative estimate of drug-likeness (QED) is 0.367. The third-order valence-electron chi connectivity index (χ3n) is 3.76. The Kier molecular flexibility index (Phi) is 6.41. The van der Waals surface area contributed by atoms with Crippen LogP contribution in [0, 0.1) is 0 Å². The number of aliphatic carboxylic acids is 1. The van der Waals surface area contributed by atoms with Crippen molar-refractivity contribution in [1.82, 2.24) is 9.97 Å². The molecule has 0 amide bonds. The minimum atomic E-state index is -5.08. The van der Waals surface area contributed by atoms with E-state index in [-0.39, 0.29) is 4.90 Å². The van der Waals surface area contributed by atoms with Crippen LogP contribution < -0.4 is 15.4 Å². The van der Waals surface area contributed by atoms with Gasteiger partial charge in [0, 0.05) is 11.4 Å². The number of sulfonamides is 1. The van der Waals surface area contributed by atoms with Crippen LogP contribution in [-0.4, -0.2) is 35.6 Å². The highest BCUT2D eigenvalue weighted by molar-refractivity contribution is 7.92. The number of carboxylic acids is 1. The molecule has 1 aliphatic rings. The number of hydrogen-bond acceptors (Lipinski definition) is 7. The van der Waals surface area contributed by atoms with Gasteiger partial charge in [-0.25, -0.2) is 18.2 Å². The third kappa shape index (κ3) is 5.76. The monoisotopic (exact) mass is 487 g/mol. The van der Waals surface area contributed by atoms with E-state index >= 15 is 0 Å². The molecule has 4 N–H and O–H groups in total. The van der Waals surface area contributed by atoms with Gasteiger partial charge in [0.05, 0.1) is 16.8 Å². The molecule has 6 bridgehead atoms. The van der Waals surface area contributed by atoms with Crippen LogP contribution in [0.2, 0.25) is 5.02 Å². The number of nitrogens with zero attached hydrogens (tertiary/aromatic N) is 2. The van der Waals surface area contributed by atoms with Crippen molar-refractivity contribution in [2.24, 2.45) is 0 Å². The van der Waals surface area contributed by atoms with Crippen LogP contribution >= 0.6 is 11.6 Å². The Bertz CT molecular complexity index is 1270. The molecule has 0 saturated carbocycles. The fourth-order valence-electron chi connectivity index (χ4n) is 2.40. The lowest BCUT2D eigenvalue weighted by Gasteiger charge is -2.10. The molecule has 0 atom stereocenters. The molecular formula is C18H13ClF3N5O4S. The Labute approximate surface area is 184 Å². The molecule has 2 aromatic carbocycles. The first-order valence-electron chi connectivity index (χ1n) is 8.54. The van der Waals surface area contributed by atoms with Crippen LogP contribution in [0.4, 0.5) is 42.0 Å². The summed E-state index contributed by atoms with van der Waals surface area (Å²) >= 11 is 6.14. The first-order valence-corrected chi connectivity index (χ1v) is 10.4. The van der Waals surface area contributed by atoms with E-state index in [2.05, 4.69) is 25.3 Å². The van der Waals surface area contributed by atoms with Crippen LogP contribution in [0.25, 0.3) is 0 Å². The van der Waals surface area contributed by atoms with Crippen LogP contribution in [0.1, 0.15) is 0 Å². The number of halogens is 4. The summed E-state index contributed by atoms with van der Waals surface area (Å²) in [5.74, 6) is -2.05. The van der Waals surface area contributed by atoms with Gasteiger partial charge in [-0.15, -0.1) is 0 Å². The molecule has 9 nitrogen and oxygen atoms in total. The highest BCUT2D eigenvalue weighted by atomic mass is 35.5. The summed E-state index contributed by atoms with van der Waals surface area (Å²) in [4.78, 5) is 17.5. The average Bonchev–Trinajstić information content (AvgIpc) is 2.70. The summed E-state index contributed by atoms with van der Waals surface area (Å²) in [6.45, 7) is 0. The van der Waals surface area contributed by atoms with Gasteiger partial charge in [0.2, 0.25) is 5.95 Å². The number of benzene rings is 2. The van der Waals surface area contributed by atoms with Gasteiger partial charge in [0.15, 0.2) is 5.82 Å². The summed E-state index contributed by atoms with van der Waals surface area (Å²) in [7, 11) is -3.73. The Morgan fingerprint density at radius 2 is 1.59 bits per heavy atom. The number of nitrogens with one attached hydrogen (secondary N) is 3. The fourth-order valence-corrected chi connectivity index (χ4v) is 3.63. The molecule has 168 valence electrons. The zero-order valence-corrected chi connectivity index (χ0v) is 17.3. The standard InChI is InChI=1S/C16H12ClN5O2S.C2HF3O2/c17-14-9-18-16-20-10-3-1-5-12(7-10)22-25(23,24)13-6-2-4-11(8-13)19-15(14)21-16;3-2(4,5)1(6)7/h1-9,22H,(H2,18,19,20,21);(H,6,7). The predicted molar refractivity (Wildman–Crippen MR) is 111 cm³/mol. The van der Waals surface area contributed by atoms with Crippen molar-refractivity contribution in [3.8, 4) is 0 Å². The second kappa shape index (κ2) is 8.88. The highest BCUT2D eigenvalue weighted by Gasteiger charge is 2.38. The molecule has 0 fully saturated rings. The number of rotatable bonds is 0. The maximum absolute atomic E-state index is 12.6. The van der Waals surface area contributed by atoms with Crippen molar-refractivity contribution in [1.29, 1.82) is 0 Å². The zero-order chi connectivity index (χ0) is 23.5. The van der Waals surface area contributed by atoms with Crippen LogP contribution in [0.5, 0.6) is 0 Å².